The molecule has 0 spiro atoms. The van der Waals surface area contributed by atoms with Gasteiger partial charge in [0.2, 0.25) is 10.0 Å². The number of sulfonamides is 1. The smallest absolute Gasteiger partial charge is 0.243 e. The highest BCUT2D eigenvalue weighted by Crippen LogP contribution is 2.21. The molecule has 0 unspecified atom stereocenters. The average molecular weight is 242 g/mol. The van der Waals surface area contributed by atoms with E-state index in [1.807, 2.05) is 5.48 Å². The number of benzene rings is 1. The molecule has 1 saturated heterocycles. The summed E-state index contributed by atoms with van der Waals surface area (Å²) in [6.07, 6.45) is 1.85. The van der Waals surface area contributed by atoms with Crippen molar-refractivity contribution in [1.29, 1.82) is 0 Å². The summed E-state index contributed by atoms with van der Waals surface area (Å²) in [6.45, 7) is 1.20. The van der Waals surface area contributed by atoms with Crippen LogP contribution in [0.3, 0.4) is 0 Å². The summed E-state index contributed by atoms with van der Waals surface area (Å²) in [5.41, 5.74) is 2.44. The highest BCUT2D eigenvalue weighted by atomic mass is 32.2. The van der Waals surface area contributed by atoms with Gasteiger partial charge in [-0.25, -0.2) is 8.42 Å². The minimum Gasteiger partial charge on any atom is -0.291 e. The molecule has 6 heteroatoms. The fraction of sp³-hybridized carbons (Fsp3) is 0.400. The topological polar surface area (TPSA) is 69.6 Å². The van der Waals surface area contributed by atoms with Gasteiger partial charge in [-0.2, -0.15) is 4.31 Å². The van der Waals surface area contributed by atoms with Crippen molar-refractivity contribution in [3.8, 4) is 0 Å². The first-order valence-electron chi connectivity index (χ1n) is 5.15. The quantitative estimate of drug-likeness (QED) is 0.783. The molecule has 2 N–H and O–H groups in total. The SMILES string of the molecule is O=S(=O)(c1ccc(NO)cc1)N1CCCC1. The predicted octanol–water partition coefficient (Wildman–Crippen LogP) is 1.27. The summed E-state index contributed by atoms with van der Waals surface area (Å²) in [5, 5.41) is 8.63. The summed E-state index contributed by atoms with van der Waals surface area (Å²) >= 11 is 0. The van der Waals surface area contributed by atoms with Gasteiger partial charge in [-0.05, 0) is 37.1 Å². The first-order chi connectivity index (χ1) is 7.64. The van der Waals surface area contributed by atoms with Gasteiger partial charge in [0.05, 0.1) is 10.6 Å². The Morgan fingerprint density at radius 3 is 2.19 bits per heavy atom. The molecule has 0 aromatic heterocycles. The van der Waals surface area contributed by atoms with Gasteiger partial charge in [-0.15, -0.1) is 0 Å². The Morgan fingerprint density at radius 2 is 1.69 bits per heavy atom. The maximum atomic E-state index is 12.1. The lowest BCUT2D eigenvalue weighted by molar-refractivity contribution is 0.389. The van der Waals surface area contributed by atoms with E-state index in [-0.39, 0.29) is 4.90 Å². The van der Waals surface area contributed by atoms with Gasteiger partial charge in [0.25, 0.3) is 0 Å². The fourth-order valence-electron chi connectivity index (χ4n) is 1.78. The molecular formula is C10H14N2O3S. The Balaban J connectivity index is 2.28. The van der Waals surface area contributed by atoms with Gasteiger partial charge >= 0.3 is 0 Å². The standard InChI is InChI=1S/C10H14N2O3S/c13-11-9-3-5-10(6-4-9)16(14,15)12-7-1-2-8-12/h3-6,11,13H,1-2,7-8H2. The first-order valence-corrected chi connectivity index (χ1v) is 6.59. The Bertz CT molecular complexity index is 449. The molecule has 0 saturated carbocycles. The largest absolute Gasteiger partial charge is 0.291 e. The molecule has 0 bridgehead atoms. The van der Waals surface area contributed by atoms with Crippen molar-refractivity contribution < 1.29 is 13.6 Å². The van der Waals surface area contributed by atoms with Crippen LogP contribution < -0.4 is 5.48 Å². The molecule has 1 aliphatic rings. The molecule has 1 heterocycles. The van der Waals surface area contributed by atoms with Crippen molar-refractivity contribution in [3.05, 3.63) is 24.3 Å². The van der Waals surface area contributed by atoms with E-state index in [2.05, 4.69) is 0 Å². The summed E-state index contributed by atoms with van der Waals surface area (Å²) in [6, 6.07) is 6.05. The van der Waals surface area contributed by atoms with Crippen LogP contribution in [0.15, 0.2) is 29.2 Å². The zero-order chi connectivity index (χ0) is 11.6. The minimum atomic E-state index is -3.34. The lowest BCUT2D eigenvalue weighted by Gasteiger charge is -2.15. The Hall–Kier alpha value is -1.11. The van der Waals surface area contributed by atoms with E-state index in [1.165, 1.54) is 28.6 Å². The van der Waals surface area contributed by atoms with E-state index in [0.717, 1.165) is 12.8 Å². The van der Waals surface area contributed by atoms with Gasteiger partial charge in [0.1, 0.15) is 0 Å². The Kier molecular flexibility index (Phi) is 3.13. The third kappa shape index (κ3) is 2.04. The van der Waals surface area contributed by atoms with E-state index in [4.69, 9.17) is 5.21 Å². The second-order valence-electron chi connectivity index (χ2n) is 3.75. The summed E-state index contributed by atoms with van der Waals surface area (Å²) < 4.78 is 25.6. The maximum absolute atomic E-state index is 12.1. The monoisotopic (exact) mass is 242 g/mol. The van der Waals surface area contributed by atoms with Crippen molar-refractivity contribution in [3.63, 3.8) is 0 Å². The van der Waals surface area contributed by atoms with Crippen LogP contribution in [-0.2, 0) is 10.0 Å². The van der Waals surface area contributed by atoms with Crippen LogP contribution in [0.25, 0.3) is 0 Å². The Labute approximate surface area is 94.7 Å². The van der Waals surface area contributed by atoms with Gasteiger partial charge in [0.15, 0.2) is 0 Å². The molecular weight excluding hydrogens is 228 g/mol. The number of hydrogen-bond acceptors (Lipinski definition) is 4. The first kappa shape index (κ1) is 11.4. The van der Waals surface area contributed by atoms with Crippen LogP contribution in [0.1, 0.15) is 12.8 Å². The van der Waals surface area contributed by atoms with E-state index < -0.39 is 10.0 Å². The minimum absolute atomic E-state index is 0.272. The lowest BCUT2D eigenvalue weighted by Crippen LogP contribution is -2.27. The van der Waals surface area contributed by atoms with Crippen molar-refractivity contribution in [2.45, 2.75) is 17.7 Å². The summed E-state index contributed by atoms with van der Waals surface area (Å²) in [5.74, 6) is 0. The lowest BCUT2D eigenvalue weighted by atomic mass is 10.3. The van der Waals surface area contributed by atoms with Gasteiger partial charge in [0, 0.05) is 13.1 Å². The van der Waals surface area contributed by atoms with E-state index in [0.29, 0.717) is 18.8 Å². The molecule has 0 radical (unpaired) electrons. The molecule has 1 fully saturated rings. The predicted molar refractivity (Wildman–Crippen MR) is 59.8 cm³/mol. The molecule has 16 heavy (non-hydrogen) atoms. The van der Waals surface area contributed by atoms with Crippen molar-refractivity contribution in [1.82, 2.24) is 4.31 Å². The molecule has 0 atom stereocenters. The van der Waals surface area contributed by atoms with Crippen molar-refractivity contribution in [2.24, 2.45) is 0 Å². The molecule has 0 aliphatic carbocycles. The molecule has 1 aromatic carbocycles. The third-order valence-corrected chi connectivity index (χ3v) is 4.60. The molecule has 88 valence electrons. The van der Waals surface area contributed by atoms with E-state index in [9.17, 15) is 8.42 Å². The molecule has 0 amide bonds. The summed E-state index contributed by atoms with van der Waals surface area (Å²) in [4.78, 5) is 0.272. The van der Waals surface area contributed by atoms with Crippen LogP contribution in [0.5, 0.6) is 0 Å². The van der Waals surface area contributed by atoms with Gasteiger partial charge < -0.3 is 0 Å². The van der Waals surface area contributed by atoms with Crippen LogP contribution in [0.4, 0.5) is 5.69 Å². The molecule has 5 nitrogen and oxygen atoms in total. The van der Waals surface area contributed by atoms with Crippen molar-refractivity contribution >= 4 is 15.7 Å². The zero-order valence-corrected chi connectivity index (χ0v) is 9.57. The number of anilines is 1. The molecule has 2 rings (SSSR count). The second kappa shape index (κ2) is 4.40. The zero-order valence-electron chi connectivity index (χ0n) is 8.76. The van der Waals surface area contributed by atoms with Crippen LogP contribution in [0, 0.1) is 0 Å². The third-order valence-electron chi connectivity index (χ3n) is 2.69. The fourth-order valence-corrected chi connectivity index (χ4v) is 3.30. The highest BCUT2D eigenvalue weighted by molar-refractivity contribution is 7.89. The van der Waals surface area contributed by atoms with Crippen LogP contribution in [-0.4, -0.2) is 31.0 Å². The molecule has 1 aromatic rings. The number of nitrogens with one attached hydrogen (secondary N) is 1. The number of nitrogens with zero attached hydrogens (tertiary/aromatic N) is 1. The van der Waals surface area contributed by atoms with E-state index in [1.54, 1.807) is 0 Å². The van der Waals surface area contributed by atoms with Crippen molar-refractivity contribution in [2.75, 3.05) is 18.6 Å². The van der Waals surface area contributed by atoms with Gasteiger partial charge in [-0.1, -0.05) is 0 Å². The van der Waals surface area contributed by atoms with Crippen LogP contribution in [0.2, 0.25) is 0 Å². The van der Waals surface area contributed by atoms with E-state index >= 15 is 0 Å². The maximum Gasteiger partial charge on any atom is 0.243 e. The van der Waals surface area contributed by atoms with Crippen LogP contribution >= 0.6 is 0 Å². The second-order valence-corrected chi connectivity index (χ2v) is 5.69. The number of rotatable bonds is 3. The normalized spacial score (nSPS) is 17.6. The van der Waals surface area contributed by atoms with Gasteiger partial charge in [-0.3, -0.25) is 10.7 Å². The highest BCUT2D eigenvalue weighted by Gasteiger charge is 2.26. The summed E-state index contributed by atoms with van der Waals surface area (Å²) in [7, 11) is -3.34. The number of hydrogen-bond donors (Lipinski definition) is 2. The molecule has 1 aliphatic heterocycles. The Morgan fingerprint density at radius 1 is 1.12 bits per heavy atom. The average Bonchev–Trinajstić information content (AvgIpc) is 2.83.